The Bertz CT molecular complexity index is 329. The van der Waals surface area contributed by atoms with Gasteiger partial charge < -0.3 is 10.7 Å². The van der Waals surface area contributed by atoms with Crippen LogP contribution >= 0.6 is 0 Å². The van der Waals surface area contributed by atoms with Gasteiger partial charge in [-0.1, -0.05) is 31.7 Å². The SMILES string of the molecule is C=Cc1ccc(C=N)c(NCCC)c1. The summed E-state index contributed by atoms with van der Waals surface area (Å²) < 4.78 is 0. The normalized spacial score (nSPS) is 9.50. The highest BCUT2D eigenvalue weighted by atomic mass is 14.9. The summed E-state index contributed by atoms with van der Waals surface area (Å²) in [7, 11) is 0. The highest BCUT2D eigenvalue weighted by molar-refractivity contribution is 5.86. The quantitative estimate of drug-likeness (QED) is 0.684. The summed E-state index contributed by atoms with van der Waals surface area (Å²) in [5.41, 5.74) is 3.01. The van der Waals surface area contributed by atoms with Crippen LogP contribution < -0.4 is 5.32 Å². The number of hydrogen-bond acceptors (Lipinski definition) is 2. The maximum Gasteiger partial charge on any atom is 0.0435 e. The molecule has 1 rings (SSSR count). The van der Waals surface area contributed by atoms with Crippen molar-refractivity contribution in [2.45, 2.75) is 13.3 Å². The number of nitrogens with one attached hydrogen (secondary N) is 2. The van der Waals surface area contributed by atoms with Gasteiger partial charge >= 0.3 is 0 Å². The van der Waals surface area contributed by atoms with Gasteiger partial charge in [0.1, 0.15) is 0 Å². The van der Waals surface area contributed by atoms with Crippen LogP contribution in [0.2, 0.25) is 0 Å². The predicted molar refractivity (Wildman–Crippen MR) is 63.2 cm³/mol. The van der Waals surface area contributed by atoms with Gasteiger partial charge in [-0.2, -0.15) is 0 Å². The van der Waals surface area contributed by atoms with E-state index in [2.05, 4.69) is 18.8 Å². The molecule has 0 atom stereocenters. The Morgan fingerprint density at radius 3 is 2.86 bits per heavy atom. The average molecular weight is 188 g/mol. The second kappa shape index (κ2) is 5.22. The number of anilines is 1. The number of hydrogen-bond donors (Lipinski definition) is 2. The van der Waals surface area contributed by atoms with Crippen LogP contribution in [0.5, 0.6) is 0 Å². The van der Waals surface area contributed by atoms with Crippen LogP contribution in [0.15, 0.2) is 24.8 Å². The summed E-state index contributed by atoms with van der Waals surface area (Å²) in [6.07, 6.45) is 4.26. The first-order chi connectivity index (χ1) is 6.81. The largest absolute Gasteiger partial charge is 0.385 e. The molecule has 0 aromatic heterocycles. The molecule has 0 heterocycles. The molecule has 1 aromatic rings. The summed E-state index contributed by atoms with van der Waals surface area (Å²) in [6, 6.07) is 5.91. The van der Waals surface area contributed by atoms with Gasteiger partial charge in [0.05, 0.1) is 0 Å². The van der Waals surface area contributed by atoms with Crippen LogP contribution in [0, 0.1) is 5.41 Å². The first kappa shape index (κ1) is 10.5. The van der Waals surface area contributed by atoms with Crippen molar-refractivity contribution in [2.24, 2.45) is 0 Å². The minimum atomic E-state index is 0.920. The smallest absolute Gasteiger partial charge is 0.0435 e. The molecule has 0 spiro atoms. The van der Waals surface area contributed by atoms with Gasteiger partial charge in [0.15, 0.2) is 0 Å². The van der Waals surface area contributed by atoms with Gasteiger partial charge in [0.2, 0.25) is 0 Å². The molecule has 0 fully saturated rings. The lowest BCUT2D eigenvalue weighted by atomic mass is 10.1. The number of rotatable bonds is 5. The second-order valence-corrected chi connectivity index (χ2v) is 3.12. The van der Waals surface area contributed by atoms with E-state index in [4.69, 9.17) is 5.41 Å². The molecule has 0 saturated carbocycles. The molecule has 0 bridgehead atoms. The van der Waals surface area contributed by atoms with Crippen molar-refractivity contribution < 1.29 is 0 Å². The van der Waals surface area contributed by atoms with Crippen LogP contribution in [0.3, 0.4) is 0 Å². The molecule has 0 aliphatic carbocycles. The molecule has 0 aliphatic rings. The lowest BCUT2D eigenvalue weighted by Gasteiger charge is -2.08. The maximum absolute atomic E-state index is 7.26. The molecule has 0 radical (unpaired) electrons. The van der Waals surface area contributed by atoms with E-state index in [-0.39, 0.29) is 0 Å². The Morgan fingerprint density at radius 1 is 1.50 bits per heavy atom. The Kier molecular flexibility index (Phi) is 3.92. The zero-order valence-electron chi connectivity index (χ0n) is 8.51. The molecule has 1 aromatic carbocycles. The molecule has 2 heteroatoms. The minimum Gasteiger partial charge on any atom is -0.385 e. The molecule has 0 unspecified atom stereocenters. The van der Waals surface area contributed by atoms with Crippen molar-refractivity contribution in [3.05, 3.63) is 35.9 Å². The van der Waals surface area contributed by atoms with Crippen molar-refractivity contribution in [3.63, 3.8) is 0 Å². The summed E-state index contributed by atoms with van der Waals surface area (Å²) in [5.74, 6) is 0. The van der Waals surface area contributed by atoms with Crippen LogP contribution in [0.25, 0.3) is 6.08 Å². The molecular formula is C12H16N2. The lowest BCUT2D eigenvalue weighted by Crippen LogP contribution is -2.02. The van der Waals surface area contributed by atoms with E-state index in [0.29, 0.717) is 0 Å². The molecule has 0 saturated heterocycles. The average Bonchev–Trinajstić information content (AvgIpc) is 2.25. The van der Waals surface area contributed by atoms with Crippen LogP contribution in [-0.4, -0.2) is 12.8 Å². The fourth-order valence-corrected chi connectivity index (χ4v) is 1.24. The van der Waals surface area contributed by atoms with Gasteiger partial charge in [0, 0.05) is 24.0 Å². The zero-order valence-corrected chi connectivity index (χ0v) is 8.51. The molecule has 0 amide bonds. The van der Waals surface area contributed by atoms with E-state index in [1.165, 1.54) is 6.21 Å². The van der Waals surface area contributed by atoms with Crippen molar-refractivity contribution in [2.75, 3.05) is 11.9 Å². The maximum atomic E-state index is 7.26. The Morgan fingerprint density at radius 2 is 2.29 bits per heavy atom. The van der Waals surface area contributed by atoms with Gasteiger partial charge in [-0.25, -0.2) is 0 Å². The summed E-state index contributed by atoms with van der Waals surface area (Å²) in [4.78, 5) is 0. The van der Waals surface area contributed by atoms with E-state index < -0.39 is 0 Å². The van der Waals surface area contributed by atoms with Crippen LogP contribution in [-0.2, 0) is 0 Å². The molecule has 74 valence electrons. The summed E-state index contributed by atoms with van der Waals surface area (Å²) >= 11 is 0. The van der Waals surface area contributed by atoms with E-state index in [9.17, 15) is 0 Å². The lowest BCUT2D eigenvalue weighted by molar-refractivity contribution is 0.979. The molecular weight excluding hydrogens is 172 g/mol. The molecule has 2 N–H and O–H groups in total. The van der Waals surface area contributed by atoms with Crippen molar-refractivity contribution in [3.8, 4) is 0 Å². The highest BCUT2D eigenvalue weighted by Crippen LogP contribution is 2.16. The third-order valence-electron chi connectivity index (χ3n) is 2.03. The third-order valence-corrected chi connectivity index (χ3v) is 2.03. The Labute approximate surface area is 85.2 Å². The van der Waals surface area contributed by atoms with Crippen LogP contribution in [0.4, 0.5) is 5.69 Å². The highest BCUT2D eigenvalue weighted by Gasteiger charge is 1.99. The van der Waals surface area contributed by atoms with Gasteiger partial charge in [0.25, 0.3) is 0 Å². The van der Waals surface area contributed by atoms with E-state index in [1.807, 2.05) is 24.3 Å². The van der Waals surface area contributed by atoms with Gasteiger partial charge in [-0.15, -0.1) is 0 Å². The molecule has 0 aliphatic heterocycles. The fourth-order valence-electron chi connectivity index (χ4n) is 1.24. The second-order valence-electron chi connectivity index (χ2n) is 3.12. The van der Waals surface area contributed by atoms with Crippen LogP contribution in [0.1, 0.15) is 24.5 Å². The van der Waals surface area contributed by atoms with E-state index >= 15 is 0 Å². The topological polar surface area (TPSA) is 35.9 Å². The first-order valence-electron chi connectivity index (χ1n) is 4.82. The first-order valence-corrected chi connectivity index (χ1v) is 4.82. The summed E-state index contributed by atoms with van der Waals surface area (Å²) in [5, 5.41) is 10.5. The van der Waals surface area contributed by atoms with Crippen molar-refractivity contribution >= 4 is 18.0 Å². The van der Waals surface area contributed by atoms with Crippen molar-refractivity contribution in [1.82, 2.24) is 0 Å². The van der Waals surface area contributed by atoms with Gasteiger partial charge in [-0.3, -0.25) is 0 Å². The third kappa shape index (κ3) is 2.46. The van der Waals surface area contributed by atoms with E-state index in [1.54, 1.807) is 0 Å². The summed E-state index contributed by atoms with van der Waals surface area (Å²) in [6.45, 7) is 6.77. The minimum absolute atomic E-state index is 0.920. The Hall–Kier alpha value is -1.57. The molecule has 2 nitrogen and oxygen atoms in total. The van der Waals surface area contributed by atoms with Gasteiger partial charge in [-0.05, 0) is 18.1 Å². The Balaban J connectivity index is 2.95. The predicted octanol–water partition coefficient (Wildman–Crippen LogP) is 3.15. The standard InChI is InChI=1S/C12H16N2/c1-3-7-14-12-8-10(4-2)5-6-11(12)9-13/h4-6,8-9,13-14H,2-3,7H2,1H3. The monoisotopic (exact) mass is 188 g/mol. The van der Waals surface area contributed by atoms with E-state index in [0.717, 1.165) is 29.8 Å². The van der Waals surface area contributed by atoms with Crippen molar-refractivity contribution in [1.29, 1.82) is 5.41 Å². The number of benzene rings is 1. The fraction of sp³-hybridized carbons (Fsp3) is 0.250. The zero-order chi connectivity index (χ0) is 10.4. The molecule has 14 heavy (non-hydrogen) atoms.